The second-order valence-corrected chi connectivity index (χ2v) is 7.24. The van der Waals surface area contributed by atoms with Crippen LogP contribution in [0.3, 0.4) is 0 Å². The van der Waals surface area contributed by atoms with Crippen LogP contribution in [-0.4, -0.2) is 33.2 Å². The number of halogens is 2. The minimum atomic E-state index is -0.247. The molecule has 3 aromatic rings. The van der Waals surface area contributed by atoms with Gasteiger partial charge >= 0.3 is 0 Å². The maximum Gasteiger partial charge on any atom is 0.173 e. The minimum Gasteiger partial charge on any atom is -0.495 e. The highest BCUT2D eigenvalue weighted by molar-refractivity contribution is 7.80. The van der Waals surface area contributed by atoms with E-state index in [1.165, 1.54) is 6.07 Å². The molecule has 29 heavy (non-hydrogen) atoms. The average Bonchev–Trinajstić information content (AvgIpc) is 3.23. The number of benzene rings is 2. The highest BCUT2D eigenvalue weighted by atomic mass is 35.5. The number of methoxy groups -OCH3 is 1. The van der Waals surface area contributed by atoms with E-state index in [9.17, 15) is 4.39 Å². The summed E-state index contributed by atoms with van der Waals surface area (Å²) in [5.74, 6) is 0.309. The van der Waals surface area contributed by atoms with Crippen LogP contribution in [0.25, 0.3) is 0 Å². The van der Waals surface area contributed by atoms with E-state index in [1.54, 1.807) is 43.9 Å². The molecule has 0 radical (unpaired) electrons. The van der Waals surface area contributed by atoms with Gasteiger partial charge in [0, 0.05) is 49.3 Å². The van der Waals surface area contributed by atoms with Crippen molar-refractivity contribution in [3.05, 3.63) is 77.6 Å². The zero-order valence-electron chi connectivity index (χ0n) is 16.0. The van der Waals surface area contributed by atoms with E-state index < -0.39 is 0 Å². The first-order chi connectivity index (χ1) is 14.1. The number of nitrogens with zero attached hydrogens (tertiary/aromatic N) is 3. The van der Waals surface area contributed by atoms with Gasteiger partial charge in [-0.3, -0.25) is 0 Å². The van der Waals surface area contributed by atoms with Gasteiger partial charge in [-0.2, -0.15) is 0 Å². The van der Waals surface area contributed by atoms with Crippen molar-refractivity contribution in [2.45, 2.75) is 19.5 Å². The van der Waals surface area contributed by atoms with Crippen LogP contribution in [0.4, 0.5) is 10.1 Å². The second-order valence-electron chi connectivity index (χ2n) is 6.45. The number of hydrogen-bond donors (Lipinski definition) is 1. The maximum absolute atomic E-state index is 14.2. The summed E-state index contributed by atoms with van der Waals surface area (Å²) in [6.45, 7) is 1.82. The van der Waals surface area contributed by atoms with Crippen molar-refractivity contribution in [1.29, 1.82) is 0 Å². The number of anilines is 1. The number of rotatable bonds is 8. The Kier molecular flexibility index (Phi) is 7.43. The van der Waals surface area contributed by atoms with Gasteiger partial charge in [-0.1, -0.05) is 29.8 Å². The van der Waals surface area contributed by atoms with Crippen LogP contribution < -0.4 is 10.1 Å². The monoisotopic (exact) mass is 432 g/mol. The Morgan fingerprint density at radius 2 is 2.14 bits per heavy atom. The molecule has 1 heterocycles. The number of nitrogens with one attached hydrogen (secondary N) is 1. The predicted molar refractivity (Wildman–Crippen MR) is 118 cm³/mol. The summed E-state index contributed by atoms with van der Waals surface area (Å²) < 4.78 is 21.5. The molecule has 2 aromatic carbocycles. The van der Waals surface area contributed by atoms with E-state index in [4.69, 9.17) is 28.6 Å². The predicted octanol–water partition coefficient (Wildman–Crippen LogP) is 4.97. The molecule has 0 fully saturated rings. The van der Waals surface area contributed by atoms with Crippen LogP contribution in [0.2, 0.25) is 5.02 Å². The Hall–Kier alpha value is -2.64. The van der Waals surface area contributed by atoms with Crippen molar-refractivity contribution in [1.82, 2.24) is 14.5 Å². The summed E-state index contributed by atoms with van der Waals surface area (Å²) in [6.07, 6.45) is 6.27. The molecule has 3 rings (SSSR count). The summed E-state index contributed by atoms with van der Waals surface area (Å²) in [5, 5.41) is 4.23. The Morgan fingerprint density at radius 3 is 2.86 bits per heavy atom. The van der Waals surface area contributed by atoms with Crippen LogP contribution in [0, 0.1) is 5.82 Å². The molecule has 0 saturated heterocycles. The van der Waals surface area contributed by atoms with Crippen LogP contribution in [0.15, 0.2) is 61.2 Å². The van der Waals surface area contributed by atoms with E-state index in [1.807, 2.05) is 27.8 Å². The molecule has 5 nitrogen and oxygen atoms in total. The molecular formula is C21H22ClFN4OS. The summed E-state index contributed by atoms with van der Waals surface area (Å²) in [6, 6.07) is 12.1. The Balaban J connectivity index is 1.71. The highest BCUT2D eigenvalue weighted by Gasteiger charge is 2.14. The van der Waals surface area contributed by atoms with E-state index in [-0.39, 0.29) is 5.82 Å². The molecule has 1 N–H and O–H groups in total. The largest absolute Gasteiger partial charge is 0.495 e. The van der Waals surface area contributed by atoms with Crippen molar-refractivity contribution in [3.8, 4) is 5.75 Å². The molecule has 1 aromatic heterocycles. The Morgan fingerprint density at radius 1 is 1.31 bits per heavy atom. The number of aromatic nitrogens is 2. The van der Waals surface area contributed by atoms with E-state index in [0.29, 0.717) is 34.5 Å². The standard InChI is InChI=1S/C21H22ClFN4OS/c1-28-20-13-17(7-8-18(20)22)25-21(29)27(11-4-10-26-12-9-24-15-26)14-16-5-2-3-6-19(16)23/h2-3,5-9,12-13,15H,4,10-11,14H2,1H3,(H,25,29). The first kappa shape index (κ1) is 21.1. The number of ether oxygens (including phenoxy) is 1. The van der Waals surface area contributed by atoms with Crippen molar-refractivity contribution in [2.24, 2.45) is 0 Å². The maximum atomic E-state index is 14.2. The molecule has 0 saturated carbocycles. The first-order valence-corrected chi connectivity index (χ1v) is 9.94. The third-order valence-corrected chi connectivity index (χ3v) is 5.08. The van der Waals surface area contributed by atoms with E-state index in [0.717, 1.165) is 18.7 Å². The second kappa shape index (κ2) is 10.2. The fourth-order valence-electron chi connectivity index (χ4n) is 2.89. The molecule has 0 aliphatic heterocycles. The average molecular weight is 433 g/mol. The van der Waals surface area contributed by atoms with Gasteiger partial charge in [0.2, 0.25) is 0 Å². The number of thiocarbonyl (C=S) groups is 1. The van der Waals surface area contributed by atoms with E-state index in [2.05, 4.69) is 10.3 Å². The van der Waals surface area contributed by atoms with Crippen LogP contribution in [0.1, 0.15) is 12.0 Å². The molecule has 0 amide bonds. The normalized spacial score (nSPS) is 10.6. The summed E-state index contributed by atoms with van der Waals surface area (Å²) in [7, 11) is 1.56. The molecular weight excluding hydrogens is 411 g/mol. The number of imidazole rings is 1. The van der Waals surface area contributed by atoms with Gasteiger partial charge in [-0.25, -0.2) is 9.37 Å². The lowest BCUT2D eigenvalue weighted by molar-refractivity contribution is 0.388. The number of hydrogen-bond acceptors (Lipinski definition) is 3. The summed E-state index contributed by atoms with van der Waals surface area (Å²) in [5.41, 5.74) is 1.34. The van der Waals surface area contributed by atoms with Gasteiger partial charge < -0.3 is 19.5 Å². The first-order valence-electron chi connectivity index (χ1n) is 9.15. The SMILES string of the molecule is COc1cc(NC(=S)N(CCCn2ccnc2)Cc2ccccc2F)ccc1Cl. The summed E-state index contributed by atoms with van der Waals surface area (Å²) >= 11 is 11.7. The van der Waals surface area contributed by atoms with Crippen molar-refractivity contribution in [3.63, 3.8) is 0 Å². The lowest BCUT2D eigenvalue weighted by Gasteiger charge is -2.26. The smallest absolute Gasteiger partial charge is 0.173 e. The van der Waals surface area contributed by atoms with Gasteiger partial charge in [0.05, 0.1) is 18.5 Å². The molecule has 0 spiro atoms. The zero-order valence-corrected chi connectivity index (χ0v) is 17.6. The van der Waals surface area contributed by atoms with Crippen LogP contribution in [0.5, 0.6) is 5.75 Å². The molecule has 0 aliphatic rings. The minimum absolute atomic E-state index is 0.247. The molecule has 152 valence electrons. The van der Waals surface area contributed by atoms with Crippen molar-refractivity contribution in [2.75, 3.05) is 19.0 Å². The lowest BCUT2D eigenvalue weighted by Crippen LogP contribution is -2.35. The molecule has 8 heteroatoms. The van der Waals surface area contributed by atoms with Gasteiger partial charge in [-0.05, 0) is 36.8 Å². The molecule has 0 aliphatic carbocycles. The zero-order chi connectivity index (χ0) is 20.6. The van der Waals surface area contributed by atoms with Gasteiger partial charge in [0.15, 0.2) is 5.11 Å². The van der Waals surface area contributed by atoms with Gasteiger partial charge in [0.25, 0.3) is 0 Å². The van der Waals surface area contributed by atoms with Gasteiger partial charge in [0.1, 0.15) is 11.6 Å². The Labute approximate surface area is 180 Å². The van der Waals surface area contributed by atoms with Crippen LogP contribution in [-0.2, 0) is 13.1 Å². The molecule has 0 unspecified atom stereocenters. The van der Waals surface area contributed by atoms with Crippen molar-refractivity contribution >= 4 is 34.6 Å². The summed E-state index contributed by atoms with van der Waals surface area (Å²) in [4.78, 5) is 6.00. The Bertz CT molecular complexity index is 952. The van der Waals surface area contributed by atoms with Crippen LogP contribution >= 0.6 is 23.8 Å². The molecule has 0 atom stereocenters. The number of aryl methyl sites for hydroxylation is 1. The lowest BCUT2D eigenvalue weighted by atomic mass is 10.2. The van der Waals surface area contributed by atoms with Crippen molar-refractivity contribution < 1.29 is 9.13 Å². The van der Waals surface area contributed by atoms with E-state index >= 15 is 0 Å². The highest BCUT2D eigenvalue weighted by Crippen LogP contribution is 2.27. The molecule has 0 bridgehead atoms. The fraction of sp³-hybridized carbons (Fsp3) is 0.238. The third kappa shape index (κ3) is 5.92. The van der Waals surface area contributed by atoms with Gasteiger partial charge in [-0.15, -0.1) is 0 Å². The fourth-order valence-corrected chi connectivity index (χ4v) is 3.36. The topological polar surface area (TPSA) is 42.3 Å². The third-order valence-electron chi connectivity index (χ3n) is 4.41. The quantitative estimate of drug-likeness (QED) is 0.509.